The number of unbranched alkanes of at least 4 members (excludes halogenated alkanes) is 2. The Hall–Kier alpha value is -1.99. The van der Waals surface area contributed by atoms with Gasteiger partial charge in [0.05, 0.1) is 19.8 Å². The smallest absolute Gasteiger partial charge is 0.434 e. The first-order valence-electron chi connectivity index (χ1n) is 7.91. The zero-order chi connectivity index (χ0) is 17.5. The molecule has 1 N–H and O–H groups in total. The van der Waals surface area contributed by atoms with E-state index in [4.69, 9.17) is 18.9 Å². The van der Waals surface area contributed by atoms with Crippen LogP contribution in [0.4, 0.5) is 9.59 Å². The summed E-state index contributed by atoms with van der Waals surface area (Å²) in [4.78, 5) is 34.0. The van der Waals surface area contributed by atoms with Crippen molar-refractivity contribution >= 4 is 18.2 Å². The number of carbonyl (C=O) groups excluding carboxylic acids is 3. The van der Waals surface area contributed by atoms with E-state index in [2.05, 4.69) is 5.32 Å². The molecule has 0 bridgehead atoms. The Morgan fingerprint density at radius 2 is 1.39 bits per heavy atom. The predicted molar refractivity (Wildman–Crippen MR) is 82.0 cm³/mol. The summed E-state index contributed by atoms with van der Waals surface area (Å²) in [6, 6.07) is 0. The number of carbonyl (C=O) groups is 3. The van der Waals surface area contributed by atoms with Crippen LogP contribution in [-0.4, -0.2) is 50.7 Å². The Bertz CT molecular complexity index is 360. The molecular formula is C15H27NO7. The molecule has 0 unspecified atom stereocenters. The molecule has 8 heteroatoms. The third-order valence-corrected chi connectivity index (χ3v) is 2.70. The minimum absolute atomic E-state index is 0.0234. The first kappa shape index (κ1) is 21.0. The van der Waals surface area contributed by atoms with Crippen molar-refractivity contribution < 1.29 is 33.3 Å². The molecule has 134 valence electrons. The third-order valence-electron chi connectivity index (χ3n) is 2.70. The van der Waals surface area contributed by atoms with Crippen molar-refractivity contribution in [2.75, 3.05) is 26.4 Å². The van der Waals surface area contributed by atoms with E-state index >= 15 is 0 Å². The van der Waals surface area contributed by atoms with Crippen LogP contribution in [0.1, 0.15) is 46.5 Å². The number of ether oxygens (including phenoxy) is 4. The molecule has 0 aliphatic rings. The number of rotatable bonds is 11. The maximum absolute atomic E-state index is 11.6. The molecule has 23 heavy (non-hydrogen) atoms. The first-order valence-corrected chi connectivity index (χ1v) is 7.91. The van der Waals surface area contributed by atoms with Gasteiger partial charge in [0.2, 0.25) is 0 Å². The average molecular weight is 333 g/mol. The number of hydrogen-bond acceptors (Lipinski definition) is 7. The van der Waals surface area contributed by atoms with Crippen molar-refractivity contribution in [2.24, 2.45) is 0 Å². The highest BCUT2D eigenvalue weighted by Gasteiger charge is 2.18. The van der Waals surface area contributed by atoms with Crippen molar-refractivity contribution in [3.05, 3.63) is 0 Å². The van der Waals surface area contributed by atoms with Gasteiger partial charge < -0.3 is 24.3 Å². The van der Waals surface area contributed by atoms with Crippen LogP contribution < -0.4 is 5.32 Å². The van der Waals surface area contributed by atoms with Crippen molar-refractivity contribution in [3.63, 3.8) is 0 Å². The molecule has 0 saturated carbocycles. The van der Waals surface area contributed by atoms with Gasteiger partial charge in [-0.3, -0.25) is 4.79 Å². The highest BCUT2D eigenvalue weighted by atomic mass is 16.7. The van der Waals surface area contributed by atoms with Crippen molar-refractivity contribution in [2.45, 2.75) is 52.6 Å². The van der Waals surface area contributed by atoms with Crippen LogP contribution in [0.25, 0.3) is 0 Å². The lowest BCUT2D eigenvalue weighted by Crippen LogP contribution is -2.38. The topological polar surface area (TPSA) is 100 Å². The van der Waals surface area contributed by atoms with E-state index in [0.717, 1.165) is 25.7 Å². The lowest BCUT2D eigenvalue weighted by Gasteiger charge is -2.13. The van der Waals surface area contributed by atoms with Gasteiger partial charge in [0.25, 0.3) is 5.91 Å². The van der Waals surface area contributed by atoms with Gasteiger partial charge in [-0.1, -0.05) is 26.7 Å². The van der Waals surface area contributed by atoms with E-state index in [1.165, 1.54) is 6.92 Å². The Balaban J connectivity index is 3.71. The largest absolute Gasteiger partial charge is 0.509 e. The highest BCUT2D eigenvalue weighted by Crippen LogP contribution is 1.97. The minimum atomic E-state index is -0.986. The molecule has 1 amide bonds. The Labute approximate surface area is 136 Å². The normalized spacial score (nSPS) is 11.3. The molecule has 0 saturated heterocycles. The zero-order valence-corrected chi connectivity index (χ0v) is 14.1. The molecular weight excluding hydrogens is 306 g/mol. The molecule has 1 atom stereocenters. The summed E-state index contributed by atoms with van der Waals surface area (Å²) in [6.07, 6.45) is 0.692. The molecule has 0 aliphatic carbocycles. The van der Waals surface area contributed by atoms with Gasteiger partial charge in [-0.15, -0.1) is 0 Å². The van der Waals surface area contributed by atoms with E-state index in [0.29, 0.717) is 6.61 Å². The van der Waals surface area contributed by atoms with Gasteiger partial charge >= 0.3 is 12.3 Å². The molecule has 0 aromatic heterocycles. The number of nitrogens with one attached hydrogen (secondary N) is 1. The monoisotopic (exact) mass is 333 g/mol. The van der Waals surface area contributed by atoms with Crippen LogP contribution in [0.5, 0.6) is 0 Å². The summed E-state index contributed by atoms with van der Waals surface area (Å²) in [6.45, 7) is 6.02. The van der Waals surface area contributed by atoms with Crippen LogP contribution in [0.2, 0.25) is 0 Å². The standard InChI is InChI=1S/C15H27NO7/c1-4-6-9-20-14(18)22-11-8-16-13(17)12(3)23-15(19)21-10-7-5-2/h12H,4-11H2,1-3H3,(H,16,17)/t12-/m0/s1. The van der Waals surface area contributed by atoms with Crippen molar-refractivity contribution in [1.29, 1.82) is 0 Å². The van der Waals surface area contributed by atoms with Gasteiger partial charge in [0, 0.05) is 0 Å². The summed E-state index contributed by atoms with van der Waals surface area (Å²) in [5.41, 5.74) is 0. The molecule has 0 aromatic rings. The van der Waals surface area contributed by atoms with E-state index in [-0.39, 0.29) is 19.8 Å². The van der Waals surface area contributed by atoms with Gasteiger partial charge in [0.1, 0.15) is 6.61 Å². The van der Waals surface area contributed by atoms with Gasteiger partial charge in [-0.05, 0) is 19.8 Å². The minimum Gasteiger partial charge on any atom is -0.434 e. The second kappa shape index (κ2) is 13.7. The summed E-state index contributed by atoms with van der Waals surface area (Å²) < 4.78 is 19.1. The number of amides is 1. The van der Waals surface area contributed by atoms with Crippen LogP contribution in [0.3, 0.4) is 0 Å². The van der Waals surface area contributed by atoms with E-state index in [9.17, 15) is 14.4 Å². The SMILES string of the molecule is CCCCOC(=O)OCCNC(=O)[C@H](C)OC(=O)OCCCC. The second-order valence-corrected chi connectivity index (χ2v) is 4.80. The quantitative estimate of drug-likeness (QED) is 0.457. The van der Waals surface area contributed by atoms with Gasteiger partial charge in [-0.25, -0.2) is 9.59 Å². The van der Waals surface area contributed by atoms with Gasteiger partial charge in [-0.2, -0.15) is 0 Å². The Morgan fingerprint density at radius 3 is 1.96 bits per heavy atom. The molecule has 0 rings (SSSR count). The van der Waals surface area contributed by atoms with Crippen LogP contribution in [0.15, 0.2) is 0 Å². The molecule has 8 nitrogen and oxygen atoms in total. The maximum Gasteiger partial charge on any atom is 0.509 e. The van der Waals surface area contributed by atoms with E-state index < -0.39 is 24.3 Å². The van der Waals surface area contributed by atoms with Crippen LogP contribution >= 0.6 is 0 Å². The van der Waals surface area contributed by atoms with Crippen LogP contribution in [-0.2, 0) is 23.7 Å². The van der Waals surface area contributed by atoms with E-state index in [1.54, 1.807) is 0 Å². The summed E-state index contributed by atoms with van der Waals surface area (Å²) in [7, 11) is 0. The fraction of sp³-hybridized carbons (Fsp3) is 0.800. The average Bonchev–Trinajstić information content (AvgIpc) is 2.51. The van der Waals surface area contributed by atoms with E-state index in [1.807, 2.05) is 13.8 Å². The summed E-state index contributed by atoms with van der Waals surface area (Å²) >= 11 is 0. The summed E-state index contributed by atoms with van der Waals surface area (Å²) in [5, 5.41) is 2.47. The lowest BCUT2D eigenvalue weighted by molar-refractivity contribution is -0.130. The second-order valence-electron chi connectivity index (χ2n) is 4.80. The predicted octanol–water partition coefficient (Wildman–Crippen LogP) is 2.40. The summed E-state index contributed by atoms with van der Waals surface area (Å²) in [5.74, 6) is -0.500. The van der Waals surface area contributed by atoms with Gasteiger partial charge in [0.15, 0.2) is 6.10 Å². The first-order chi connectivity index (χ1) is 11.0. The van der Waals surface area contributed by atoms with Crippen molar-refractivity contribution in [3.8, 4) is 0 Å². The van der Waals surface area contributed by atoms with Crippen molar-refractivity contribution in [1.82, 2.24) is 5.32 Å². The lowest BCUT2D eigenvalue weighted by atomic mass is 10.4. The molecule has 0 spiro atoms. The zero-order valence-electron chi connectivity index (χ0n) is 14.1. The molecule has 0 heterocycles. The molecule has 0 aromatic carbocycles. The third kappa shape index (κ3) is 12.3. The fourth-order valence-corrected chi connectivity index (χ4v) is 1.33. The highest BCUT2D eigenvalue weighted by molar-refractivity contribution is 5.82. The molecule has 0 radical (unpaired) electrons. The molecule has 0 fully saturated rings. The number of hydrogen-bond donors (Lipinski definition) is 1. The van der Waals surface area contributed by atoms with Crippen LogP contribution in [0, 0.1) is 0 Å². The maximum atomic E-state index is 11.6. The Kier molecular flexibility index (Phi) is 12.5. The fourth-order valence-electron chi connectivity index (χ4n) is 1.33. The Morgan fingerprint density at radius 1 is 0.870 bits per heavy atom. The molecule has 0 aliphatic heterocycles.